The van der Waals surface area contributed by atoms with E-state index in [-0.39, 0.29) is 0 Å². The van der Waals surface area contributed by atoms with Crippen LogP contribution in [0.1, 0.15) is 73.6 Å². The van der Waals surface area contributed by atoms with Crippen LogP contribution >= 0.6 is 0 Å². The minimum Gasteiger partial charge on any atom is -0.387 e. The number of benzene rings is 2. The van der Waals surface area contributed by atoms with Crippen molar-refractivity contribution in [2.45, 2.75) is 58.0 Å². The van der Waals surface area contributed by atoms with Gasteiger partial charge in [0.2, 0.25) is 0 Å². The summed E-state index contributed by atoms with van der Waals surface area (Å²) in [6.07, 6.45) is -2.55. The molecule has 40 heavy (non-hydrogen) atoms. The predicted octanol–water partition coefficient (Wildman–Crippen LogP) is 8.89. The van der Waals surface area contributed by atoms with Gasteiger partial charge in [-0.2, -0.15) is 26.3 Å². The summed E-state index contributed by atoms with van der Waals surface area (Å²) in [6.45, 7) is 6.26. The molecule has 1 N–H and O–H groups in total. The van der Waals surface area contributed by atoms with Crippen LogP contribution in [0.3, 0.4) is 0 Å². The van der Waals surface area contributed by atoms with E-state index in [9.17, 15) is 31.4 Å². The Bertz CT molecular complexity index is 1230. The summed E-state index contributed by atoms with van der Waals surface area (Å²) in [5.74, 6) is 0. The lowest BCUT2D eigenvalue weighted by Crippen LogP contribution is -2.30. The fourth-order valence-corrected chi connectivity index (χ4v) is 4.20. The second kappa shape index (κ2) is 13.9. The molecule has 1 heterocycles. The van der Waals surface area contributed by atoms with E-state index < -0.39 is 29.6 Å². The van der Waals surface area contributed by atoms with Gasteiger partial charge in [-0.15, -0.1) is 0 Å². The summed E-state index contributed by atoms with van der Waals surface area (Å²) in [4.78, 5) is 6.76. The highest BCUT2D eigenvalue weighted by atomic mass is 19.4. The van der Waals surface area contributed by atoms with Gasteiger partial charge < -0.3 is 10.0 Å². The van der Waals surface area contributed by atoms with Gasteiger partial charge in [0.1, 0.15) is 0 Å². The molecular weight excluding hydrogens is 530 g/mol. The Balaban J connectivity index is 1.95. The van der Waals surface area contributed by atoms with Crippen LogP contribution in [0.5, 0.6) is 0 Å². The molecule has 216 valence electrons. The van der Waals surface area contributed by atoms with Crippen molar-refractivity contribution in [2.75, 3.05) is 19.6 Å². The van der Waals surface area contributed by atoms with Crippen molar-refractivity contribution in [1.82, 2.24) is 9.88 Å². The van der Waals surface area contributed by atoms with E-state index in [0.717, 1.165) is 63.0 Å². The number of pyridine rings is 1. The first-order valence-electron chi connectivity index (χ1n) is 13.4. The van der Waals surface area contributed by atoms with E-state index in [4.69, 9.17) is 0 Å². The van der Waals surface area contributed by atoms with E-state index in [2.05, 4.69) is 23.7 Å². The molecule has 0 radical (unpaired) electrons. The summed E-state index contributed by atoms with van der Waals surface area (Å²) in [6, 6.07) is 12.6. The van der Waals surface area contributed by atoms with Crippen molar-refractivity contribution < 1.29 is 31.4 Å². The molecule has 9 heteroatoms. The second-order valence-corrected chi connectivity index (χ2v) is 9.76. The minimum atomic E-state index is -4.47. The van der Waals surface area contributed by atoms with Gasteiger partial charge in [0.15, 0.2) is 0 Å². The van der Waals surface area contributed by atoms with Gasteiger partial charge in [-0.1, -0.05) is 57.0 Å². The SMILES string of the molecule is CCCCN(CCCC)CC(O)c1cc(/C=C/c2ccc(C(F)(F)F)cc2)nc(-c2ccc(C(F)(F)F)cc2)c1. The zero-order valence-corrected chi connectivity index (χ0v) is 22.6. The van der Waals surface area contributed by atoms with Gasteiger partial charge in [0.25, 0.3) is 0 Å². The third-order valence-electron chi connectivity index (χ3n) is 6.53. The van der Waals surface area contributed by atoms with Gasteiger partial charge in [-0.25, -0.2) is 4.98 Å². The molecule has 2 aromatic carbocycles. The number of alkyl halides is 6. The largest absolute Gasteiger partial charge is 0.416 e. The van der Waals surface area contributed by atoms with Crippen molar-refractivity contribution in [2.24, 2.45) is 0 Å². The Labute approximate surface area is 231 Å². The monoisotopic (exact) mass is 564 g/mol. The maximum absolute atomic E-state index is 13.1. The quantitative estimate of drug-likeness (QED) is 0.223. The molecule has 0 aliphatic heterocycles. The van der Waals surface area contributed by atoms with Crippen molar-refractivity contribution in [3.63, 3.8) is 0 Å². The van der Waals surface area contributed by atoms with Gasteiger partial charge >= 0.3 is 12.4 Å². The number of unbranched alkanes of at least 4 members (excludes halogenated alkanes) is 2. The summed E-state index contributed by atoms with van der Waals surface area (Å²) >= 11 is 0. The fourth-order valence-electron chi connectivity index (χ4n) is 4.20. The summed E-state index contributed by atoms with van der Waals surface area (Å²) < 4.78 is 77.9. The van der Waals surface area contributed by atoms with E-state index in [0.29, 0.717) is 34.6 Å². The van der Waals surface area contributed by atoms with Crippen LogP contribution in [0.4, 0.5) is 26.3 Å². The molecule has 0 fully saturated rings. The van der Waals surface area contributed by atoms with Gasteiger partial charge in [0, 0.05) is 12.1 Å². The minimum absolute atomic E-state index is 0.381. The Morgan fingerprint density at radius 1 is 0.775 bits per heavy atom. The van der Waals surface area contributed by atoms with E-state index in [1.165, 1.54) is 24.3 Å². The third-order valence-corrected chi connectivity index (χ3v) is 6.53. The third kappa shape index (κ3) is 9.20. The standard InChI is InChI=1S/C31H34F6N2O/c1-3-5-17-39(18-6-4-2)21-29(40)24-19-27(16-9-22-7-12-25(13-8-22)30(32,33)34)38-28(20-24)23-10-14-26(15-11-23)31(35,36)37/h7-16,19-20,29,40H,3-6,17-18,21H2,1-2H3/b16-9+. The van der Waals surface area contributed by atoms with Gasteiger partial charge in [-0.3, -0.25) is 0 Å². The number of nitrogens with zero attached hydrogens (tertiary/aromatic N) is 2. The van der Waals surface area contributed by atoms with Crippen LogP contribution in [-0.4, -0.2) is 34.6 Å². The summed E-state index contributed by atoms with van der Waals surface area (Å²) in [5.41, 5.74) is 0.772. The van der Waals surface area contributed by atoms with Crippen molar-refractivity contribution in [3.8, 4) is 11.3 Å². The highest BCUT2D eigenvalue weighted by Crippen LogP contribution is 2.32. The zero-order chi connectivity index (χ0) is 29.3. The number of rotatable bonds is 12. The Morgan fingerprint density at radius 2 is 1.30 bits per heavy atom. The van der Waals surface area contributed by atoms with Crippen molar-refractivity contribution in [3.05, 3.63) is 88.6 Å². The fraction of sp³-hybridized carbons (Fsp3) is 0.387. The lowest BCUT2D eigenvalue weighted by atomic mass is 10.0. The van der Waals surface area contributed by atoms with E-state index in [1.54, 1.807) is 24.3 Å². The van der Waals surface area contributed by atoms with Crippen LogP contribution in [0.25, 0.3) is 23.4 Å². The number of hydrogen-bond acceptors (Lipinski definition) is 3. The van der Waals surface area contributed by atoms with Crippen LogP contribution in [0.15, 0.2) is 60.7 Å². The molecule has 3 rings (SSSR count). The number of halogens is 6. The second-order valence-electron chi connectivity index (χ2n) is 9.76. The average molecular weight is 565 g/mol. The Hall–Kier alpha value is -3.17. The average Bonchev–Trinajstić information content (AvgIpc) is 2.92. The topological polar surface area (TPSA) is 36.4 Å². The molecule has 1 unspecified atom stereocenters. The van der Waals surface area contributed by atoms with Gasteiger partial charge in [-0.05, 0) is 79.5 Å². The van der Waals surface area contributed by atoms with E-state index in [1.807, 2.05) is 0 Å². The molecule has 0 aliphatic rings. The van der Waals surface area contributed by atoms with Gasteiger partial charge in [0.05, 0.1) is 28.6 Å². The maximum atomic E-state index is 13.1. The zero-order valence-electron chi connectivity index (χ0n) is 22.6. The van der Waals surface area contributed by atoms with Crippen LogP contribution in [0.2, 0.25) is 0 Å². The van der Waals surface area contributed by atoms with Crippen LogP contribution in [0, 0.1) is 0 Å². The smallest absolute Gasteiger partial charge is 0.387 e. The molecule has 1 aromatic heterocycles. The number of aliphatic hydroxyl groups excluding tert-OH is 1. The molecular formula is C31H34F6N2O. The van der Waals surface area contributed by atoms with Crippen molar-refractivity contribution >= 4 is 12.2 Å². The molecule has 3 nitrogen and oxygen atoms in total. The highest BCUT2D eigenvalue weighted by molar-refractivity contribution is 5.70. The van der Waals surface area contributed by atoms with Crippen molar-refractivity contribution in [1.29, 1.82) is 0 Å². The number of hydrogen-bond donors (Lipinski definition) is 1. The molecule has 1 atom stereocenters. The first-order chi connectivity index (χ1) is 18.9. The molecule has 0 saturated heterocycles. The number of aliphatic hydroxyl groups is 1. The van der Waals surface area contributed by atoms with E-state index >= 15 is 0 Å². The molecule has 3 aromatic rings. The normalized spacial score (nSPS) is 13.3. The van der Waals surface area contributed by atoms with Crippen LogP contribution in [-0.2, 0) is 12.4 Å². The lowest BCUT2D eigenvalue weighted by molar-refractivity contribution is -0.138. The molecule has 0 bridgehead atoms. The Kier molecular flexibility index (Phi) is 10.9. The predicted molar refractivity (Wildman–Crippen MR) is 146 cm³/mol. The Morgan fingerprint density at radius 3 is 1.80 bits per heavy atom. The molecule has 0 spiro atoms. The van der Waals surface area contributed by atoms with Crippen LogP contribution < -0.4 is 0 Å². The lowest BCUT2D eigenvalue weighted by Gasteiger charge is -2.25. The summed E-state index contributed by atoms with van der Waals surface area (Å²) in [5, 5.41) is 11.2. The number of aromatic nitrogens is 1. The first kappa shape index (κ1) is 31.4. The highest BCUT2D eigenvalue weighted by Gasteiger charge is 2.30. The maximum Gasteiger partial charge on any atom is 0.416 e. The molecule has 0 saturated carbocycles. The first-order valence-corrected chi connectivity index (χ1v) is 13.4. The molecule has 0 amide bonds. The summed E-state index contributed by atoms with van der Waals surface area (Å²) in [7, 11) is 0. The molecule has 0 aliphatic carbocycles.